The van der Waals surface area contributed by atoms with Crippen molar-refractivity contribution in [2.45, 2.75) is 6.61 Å². The van der Waals surface area contributed by atoms with Crippen LogP contribution in [0.4, 0.5) is 0 Å². The van der Waals surface area contributed by atoms with Crippen molar-refractivity contribution in [1.82, 2.24) is 0 Å². The maximum atomic E-state index is 11.1. The van der Waals surface area contributed by atoms with Gasteiger partial charge in [0.15, 0.2) is 9.84 Å². The fraction of sp³-hybridized carbons (Fsp3) is 0.273. The fourth-order valence-corrected chi connectivity index (χ4v) is 2.60. The summed E-state index contributed by atoms with van der Waals surface area (Å²) in [4.78, 5) is 0. The first-order chi connectivity index (χ1) is 7.16. The lowest BCUT2D eigenvalue weighted by atomic mass is 10.2. The van der Waals surface area contributed by atoms with Gasteiger partial charge in [0.1, 0.15) is 18.1 Å². The van der Waals surface area contributed by atoms with Crippen molar-refractivity contribution in [3.8, 4) is 0 Å². The zero-order chi connectivity index (χ0) is 10.7. The van der Waals surface area contributed by atoms with Gasteiger partial charge in [0, 0.05) is 0 Å². The minimum atomic E-state index is -2.92. The second-order valence-corrected chi connectivity index (χ2v) is 5.61. The molecule has 0 atom stereocenters. The maximum Gasteiger partial charge on any atom is 0.161 e. The first-order valence-electron chi connectivity index (χ1n) is 4.72. The van der Waals surface area contributed by atoms with E-state index in [0.717, 1.165) is 5.56 Å². The Hall–Kier alpha value is -1.29. The molecule has 0 bridgehead atoms. The van der Waals surface area contributed by atoms with Gasteiger partial charge in [-0.2, -0.15) is 0 Å². The molecule has 0 radical (unpaired) electrons. The van der Waals surface area contributed by atoms with Crippen LogP contribution in [0.15, 0.2) is 42.2 Å². The van der Waals surface area contributed by atoms with Crippen LogP contribution < -0.4 is 0 Å². The van der Waals surface area contributed by atoms with Crippen LogP contribution in [0.1, 0.15) is 5.56 Å². The van der Waals surface area contributed by atoms with Crippen LogP contribution in [0, 0.1) is 0 Å². The van der Waals surface area contributed by atoms with E-state index in [1.165, 1.54) is 0 Å². The Kier molecular flexibility index (Phi) is 2.77. The molecule has 0 aliphatic carbocycles. The van der Waals surface area contributed by atoms with Crippen LogP contribution in [0.2, 0.25) is 0 Å². The quantitative estimate of drug-likeness (QED) is 0.781. The Labute approximate surface area is 89.3 Å². The minimum Gasteiger partial charge on any atom is -0.492 e. The second kappa shape index (κ2) is 4.06. The molecule has 1 aliphatic rings. The zero-order valence-electron chi connectivity index (χ0n) is 8.22. The Balaban J connectivity index is 1.91. The van der Waals surface area contributed by atoms with Crippen LogP contribution >= 0.6 is 0 Å². The Morgan fingerprint density at radius 2 is 1.93 bits per heavy atom. The summed E-state index contributed by atoms with van der Waals surface area (Å²) in [5.74, 6) is 0.718. The van der Waals surface area contributed by atoms with E-state index in [4.69, 9.17) is 4.74 Å². The van der Waals surface area contributed by atoms with Gasteiger partial charge in [0.05, 0.1) is 5.75 Å². The predicted octanol–water partition coefficient (Wildman–Crippen LogP) is 1.52. The standard InChI is InChI=1S/C11H12O3S/c12-15(13)7-6-11(9-15)14-8-10-4-2-1-3-5-10/h1-6H,7-9H2. The third kappa shape index (κ3) is 2.83. The first kappa shape index (κ1) is 10.2. The van der Waals surface area contributed by atoms with Crippen molar-refractivity contribution >= 4 is 9.84 Å². The molecule has 0 aromatic heterocycles. The first-order valence-corrected chi connectivity index (χ1v) is 6.54. The largest absolute Gasteiger partial charge is 0.492 e. The summed E-state index contributed by atoms with van der Waals surface area (Å²) in [7, 11) is -2.92. The molecule has 1 aromatic rings. The predicted molar refractivity (Wildman–Crippen MR) is 58.0 cm³/mol. The number of hydrogen-bond donors (Lipinski definition) is 0. The number of rotatable bonds is 3. The van der Waals surface area contributed by atoms with Crippen molar-refractivity contribution in [3.63, 3.8) is 0 Å². The highest BCUT2D eigenvalue weighted by Gasteiger charge is 2.20. The summed E-state index contributed by atoms with van der Waals surface area (Å²) in [5.41, 5.74) is 1.04. The Morgan fingerprint density at radius 3 is 2.53 bits per heavy atom. The SMILES string of the molecule is O=S1(=O)CC=C(OCc2ccccc2)C1. The van der Waals surface area contributed by atoms with E-state index >= 15 is 0 Å². The highest BCUT2D eigenvalue weighted by Crippen LogP contribution is 2.14. The molecule has 3 nitrogen and oxygen atoms in total. The van der Waals surface area contributed by atoms with Crippen LogP contribution in [0.3, 0.4) is 0 Å². The molecule has 80 valence electrons. The summed E-state index contributed by atoms with van der Waals surface area (Å²) < 4.78 is 27.6. The maximum absolute atomic E-state index is 11.1. The van der Waals surface area contributed by atoms with E-state index in [0.29, 0.717) is 12.4 Å². The summed E-state index contributed by atoms with van der Waals surface area (Å²) in [6.45, 7) is 0.433. The van der Waals surface area contributed by atoms with Crippen LogP contribution in [-0.4, -0.2) is 19.9 Å². The van der Waals surface area contributed by atoms with Gasteiger partial charge in [-0.15, -0.1) is 0 Å². The van der Waals surface area contributed by atoms with Crippen LogP contribution in [-0.2, 0) is 21.2 Å². The zero-order valence-corrected chi connectivity index (χ0v) is 9.03. The number of benzene rings is 1. The second-order valence-electron chi connectivity index (χ2n) is 3.50. The molecule has 1 aliphatic heterocycles. The monoisotopic (exact) mass is 224 g/mol. The van der Waals surface area contributed by atoms with Gasteiger partial charge in [-0.05, 0) is 11.6 Å². The lowest BCUT2D eigenvalue weighted by molar-refractivity contribution is 0.202. The van der Waals surface area contributed by atoms with Gasteiger partial charge >= 0.3 is 0 Å². The third-order valence-electron chi connectivity index (χ3n) is 2.19. The van der Waals surface area contributed by atoms with Gasteiger partial charge in [-0.1, -0.05) is 30.3 Å². The normalized spacial score (nSPS) is 18.5. The van der Waals surface area contributed by atoms with Gasteiger partial charge < -0.3 is 4.74 Å². The van der Waals surface area contributed by atoms with Crippen molar-refractivity contribution in [2.24, 2.45) is 0 Å². The van der Waals surface area contributed by atoms with Gasteiger partial charge in [-0.25, -0.2) is 8.42 Å². The lowest BCUT2D eigenvalue weighted by Gasteiger charge is -2.05. The fourth-order valence-electron chi connectivity index (χ4n) is 1.41. The van der Waals surface area contributed by atoms with E-state index in [9.17, 15) is 8.42 Å². The van der Waals surface area contributed by atoms with Crippen LogP contribution in [0.5, 0.6) is 0 Å². The highest BCUT2D eigenvalue weighted by molar-refractivity contribution is 7.92. The molecule has 4 heteroatoms. The van der Waals surface area contributed by atoms with E-state index < -0.39 is 9.84 Å². The molecular weight excluding hydrogens is 212 g/mol. The molecule has 1 aromatic carbocycles. The molecule has 2 rings (SSSR count). The summed E-state index contributed by atoms with van der Waals surface area (Å²) in [6.07, 6.45) is 1.64. The van der Waals surface area contributed by atoms with Gasteiger partial charge in [0.25, 0.3) is 0 Å². The van der Waals surface area contributed by atoms with Crippen molar-refractivity contribution in [1.29, 1.82) is 0 Å². The number of sulfone groups is 1. The molecule has 0 amide bonds. The molecule has 0 fully saturated rings. The molecule has 1 heterocycles. The number of ether oxygens (including phenoxy) is 1. The topological polar surface area (TPSA) is 43.4 Å². The van der Waals surface area contributed by atoms with Gasteiger partial charge in [-0.3, -0.25) is 0 Å². The van der Waals surface area contributed by atoms with Crippen molar-refractivity contribution < 1.29 is 13.2 Å². The van der Waals surface area contributed by atoms with Crippen LogP contribution in [0.25, 0.3) is 0 Å². The summed E-state index contributed by atoms with van der Waals surface area (Å²) in [5, 5.41) is 0. The Bertz CT molecular complexity index is 460. The summed E-state index contributed by atoms with van der Waals surface area (Å²) in [6, 6.07) is 9.69. The Morgan fingerprint density at radius 1 is 1.20 bits per heavy atom. The third-order valence-corrected chi connectivity index (χ3v) is 3.59. The smallest absolute Gasteiger partial charge is 0.161 e. The van der Waals surface area contributed by atoms with E-state index in [1.807, 2.05) is 30.3 Å². The molecule has 15 heavy (non-hydrogen) atoms. The number of hydrogen-bond acceptors (Lipinski definition) is 3. The molecule has 0 spiro atoms. The molecule has 0 N–H and O–H groups in total. The van der Waals surface area contributed by atoms with E-state index in [-0.39, 0.29) is 11.5 Å². The lowest BCUT2D eigenvalue weighted by Crippen LogP contribution is -2.04. The average molecular weight is 224 g/mol. The minimum absolute atomic E-state index is 0.0415. The molecular formula is C11H12O3S. The molecule has 0 saturated heterocycles. The molecule has 0 saturated carbocycles. The molecule has 0 unspecified atom stereocenters. The van der Waals surface area contributed by atoms with Crippen molar-refractivity contribution in [3.05, 3.63) is 47.7 Å². The van der Waals surface area contributed by atoms with E-state index in [2.05, 4.69) is 0 Å². The van der Waals surface area contributed by atoms with Crippen molar-refractivity contribution in [2.75, 3.05) is 11.5 Å². The van der Waals surface area contributed by atoms with Gasteiger partial charge in [0.2, 0.25) is 0 Å². The average Bonchev–Trinajstić information content (AvgIpc) is 2.57. The highest BCUT2D eigenvalue weighted by atomic mass is 32.2. The summed E-state index contributed by atoms with van der Waals surface area (Å²) >= 11 is 0. The van der Waals surface area contributed by atoms with E-state index in [1.54, 1.807) is 6.08 Å².